The standard InChI is InChI=1S/C24H24N6O3/c1-33-19-11-9-16(10-12-19)14-30-22-20(27-28-30)23(31)26-21(25-22)18-8-5-13-29(15-18)24(32)17-6-3-2-4-7-17/h2-4,6-7,9-12,18H,5,8,13-15H2,1H3,(H,25,26,31)/t18-/m0/s1. The minimum Gasteiger partial charge on any atom is -0.497 e. The lowest BCUT2D eigenvalue weighted by Gasteiger charge is -2.32. The molecule has 1 aliphatic rings. The molecule has 1 atom stereocenters. The lowest BCUT2D eigenvalue weighted by molar-refractivity contribution is 0.0704. The monoisotopic (exact) mass is 444 g/mol. The summed E-state index contributed by atoms with van der Waals surface area (Å²) < 4.78 is 6.84. The Labute approximate surface area is 190 Å². The van der Waals surface area contributed by atoms with Crippen LogP contribution in [0.1, 0.15) is 40.5 Å². The molecule has 5 rings (SSSR count). The van der Waals surface area contributed by atoms with E-state index in [1.54, 1.807) is 11.8 Å². The predicted molar refractivity (Wildman–Crippen MR) is 122 cm³/mol. The number of methoxy groups -OCH3 is 1. The van der Waals surface area contributed by atoms with Crippen molar-refractivity contribution >= 4 is 17.1 Å². The molecule has 2 aromatic heterocycles. The Morgan fingerprint density at radius 1 is 1.15 bits per heavy atom. The molecule has 1 amide bonds. The Morgan fingerprint density at radius 3 is 2.70 bits per heavy atom. The number of piperidine rings is 1. The third kappa shape index (κ3) is 4.21. The number of rotatable bonds is 5. The van der Waals surface area contributed by atoms with Crippen molar-refractivity contribution in [1.29, 1.82) is 0 Å². The van der Waals surface area contributed by atoms with Gasteiger partial charge < -0.3 is 14.6 Å². The van der Waals surface area contributed by atoms with Crippen LogP contribution >= 0.6 is 0 Å². The van der Waals surface area contributed by atoms with Crippen LogP contribution in [0, 0.1) is 0 Å². The summed E-state index contributed by atoms with van der Waals surface area (Å²) in [6.45, 7) is 1.62. The number of amides is 1. The molecule has 1 N–H and O–H groups in total. The topological polar surface area (TPSA) is 106 Å². The highest BCUT2D eigenvalue weighted by Gasteiger charge is 2.28. The van der Waals surface area contributed by atoms with Crippen LogP contribution in [0.15, 0.2) is 59.4 Å². The highest BCUT2D eigenvalue weighted by Crippen LogP contribution is 2.26. The molecule has 0 aliphatic carbocycles. The zero-order valence-electron chi connectivity index (χ0n) is 18.3. The summed E-state index contributed by atoms with van der Waals surface area (Å²) in [5.41, 5.74) is 1.99. The van der Waals surface area contributed by atoms with Gasteiger partial charge in [-0.1, -0.05) is 35.5 Å². The lowest BCUT2D eigenvalue weighted by Crippen LogP contribution is -2.39. The van der Waals surface area contributed by atoms with Crippen molar-refractivity contribution in [2.24, 2.45) is 0 Å². The van der Waals surface area contributed by atoms with Crippen LogP contribution in [-0.2, 0) is 6.54 Å². The van der Waals surface area contributed by atoms with E-state index in [1.807, 2.05) is 59.5 Å². The van der Waals surface area contributed by atoms with Gasteiger partial charge in [-0.2, -0.15) is 0 Å². The van der Waals surface area contributed by atoms with E-state index in [0.717, 1.165) is 24.2 Å². The summed E-state index contributed by atoms with van der Waals surface area (Å²) in [6.07, 6.45) is 1.68. The largest absolute Gasteiger partial charge is 0.497 e. The third-order valence-corrected chi connectivity index (χ3v) is 6.00. The molecule has 0 radical (unpaired) electrons. The first-order valence-corrected chi connectivity index (χ1v) is 10.9. The molecule has 0 spiro atoms. The molecule has 1 saturated heterocycles. The van der Waals surface area contributed by atoms with Gasteiger partial charge in [-0.3, -0.25) is 9.59 Å². The fourth-order valence-electron chi connectivity index (χ4n) is 4.24. The first-order valence-electron chi connectivity index (χ1n) is 10.9. The molecule has 33 heavy (non-hydrogen) atoms. The zero-order chi connectivity index (χ0) is 22.8. The van der Waals surface area contributed by atoms with Crippen LogP contribution in [0.4, 0.5) is 0 Å². The Balaban J connectivity index is 1.41. The third-order valence-electron chi connectivity index (χ3n) is 6.00. The highest BCUT2D eigenvalue weighted by molar-refractivity contribution is 5.94. The second-order valence-corrected chi connectivity index (χ2v) is 8.17. The number of nitrogens with zero attached hydrogens (tertiary/aromatic N) is 5. The maximum absolute atomic E-state index is 12.9. The van der Waals surface area contributed by atoms with Crippen molar-refractivity contribution in [3.63, 3.8) is 0 Å². The molecule has 1 fully saturated rings. The first-order chi connectivity index (χ1) is 16.1. The maximum Gasteiger partial charge on any atom is 0.281 e. The summed E-state index contributed by atoms with van der Waals surface area (Å²) in [5.74, 6) is 1.27. The van der Waals surface area contributed by atoms with Crippen LogP contribution < -0.4 is 10.3 Å². The number of fused-ring (bicyclic) bond motifs is 1. The Bertz CT molecular complexity index is 1330. The molecular weight excluding hydrogens is 420 g/mol. The number of benzene rings is 2. The number of carbonyl (C=O) groups excluding carboxylic acids is 1. The van der Waals surface area contributed by atoms with Gasteiger partial charge in [0.15, 0.2) is 11.2 Å². The smallest absolute Gasteiger partial charge is 0.281 e. The van der Waals surface area contributed by atoms with Crippen molar-refractivity contribution in [2.45, 2.75) is 25.3 Å². The van der Waals surface area contributed by atoms with Crippen LogP contribution in [0.5, 0.6) is 5.75 Å². The van der Waals surface area contributed by atoms with Gasteiger partial charge >= 0.3 is 0 Å². The molecule has 0 bridgehead atoms. The van der Waals surface area contributed by atoms with Crippen molar-refractivity contribution in [3.05, 3.63) is 81.9 Å². The fourth-order valence-corrected chi connectivity index (χ4v) is 4.24. The zero-order valence-corrected chi connectivity index (χ0v) is 18.3. The van der Waals surface area contributed by atoms with E-state index >= 15 is 0 Å². The Hall–Kier alpha value is -4.01. The molecule has 2 aromatic carbocycles. The number of ether oxygens (including phenoxy) is 1. The van der Waals surface area contributed by atoms with Gasteiger partial charge in [0.2, 0.25) is 0 Å². The summed E-state index contributed by atoms with van der Waals surface area (Å²) in [6, 6.07) is 16.9. The molecule has 0 saturated carbocycles. The molecular formula is C24H24N6O3. The van der Waals surface area contributed by atoms with Gasteiger partial charge in [0.05, 0.1) is 13.7 Å². The first kappa shape index (κ1) is 20.9. The van der Waals surface area contributed by atoms with E-state index < -0.39 is 0 Å². The van der Waals surface area contributed by atoms with Gasteiger partial charge in [-0.05, 0) is 42.7 Å². The SMILES string of the molecule is COc1ccc(Cn2nnc3c(=O)[nH]c([C@H]4CCCN(C(=O)c5ccccc5)C4)nc32)cc1. The summed E-state index contributed by atoms with van der Waals surface area (Å²) in [7, 11) is 1.62. The fraction of sp³-hybridized carbons (Fsp3) is 0.292. The van der Waals surface area contributed by atoms with Gasteiger partial charge in [0.1, 0.15) is 11.6 Å². The van der Waals surface area contributed by atoms with Crippen molar-refractivity contribution < 1.29 is 9.53 Å². The Kier molecular flexibility index (Phi) is 5.60. The molecule has 4 aromatic rings. The van der Waals surface area contributed by atoms with Gasteiger partial charge in [0.25, 0.3) is 11.5 Å². The number of hydrogen-bond acceptors (Lipinski definition) is 6. The second-order valence-electron chi connectivity index (χ2n) is 8.17. The van der Waals surface area contributed by atoms with E-state index in [-0.39, 0.29) is 22.9 Å². The molecule has 168 valence electrons. The number of likely N-dealkylation sites (tertiary alicyclic amines) is 1. The number of nitrogens with one attached hydrogen (secondary N) is 1. The normalized spacial score (nSPS) is 16.2. The number of aromatic amines is 1. The molecule has 1 aliphatic heterocycles. The average molecular weight is 444 g/mol. The predicted octanol–water partition coefficient (Wildman–Crippen LogP) is 2.59. The summed E-state index contributed by atoms with van der Waals surface area (Å²) in [4.78, 5) is 35.1. The van der Waals surface area contributed by atoms with E-state index in [2.05, 4.69) is 15.3 Å². The second kappa shape index (κ2) is 8.85. The quantitative estimate of drug-likeness (QED) is 0.507. The number of aromatic nitrogens is 5. The van der Waals surface area contributed by atoms with Crippen LogP contribution in [0.3, 0.4) is 0 Å². The molecule has 0 unspecified atom stereocenters. The summed E-state index contributed by atoms with van der Waals surface area (Å²) in [5, 5.41) is 8.19. The average Bonchev–Trinajstić information content (AvgIpc) is 3.28. The minimum absolute atomic E-state index is 0.00469. The number of H-pyrrole nitrogens is 1. The number of hydrogen-bond donors (Lipinski definition) is 1. The summed E-state index contributed by atoms with van der Waals surface area (Å²) >= 11 is 0. The maximum atomic E-state index is 12.9. The van der Waals surface area contributed by atoms with Crippen LogP contribution in [0.25, 0.3) is 11.2 Å². The van der Waals surface area contributed by atoms with Crippen molar-refractivity contribution in [2.75, 3.05) is 20.2 Å². The molecule has 3 heterocycles. The van der Waals surface area contributed by atoms with Gasteiger partial charge in [0, 0.05) is 24.6 Å². The lowest BCUT2D eigenvalue weighted by atomic mass is 9.96. The minimum atomic E-state index is -0.317. The van der Waals surface area contributed by atoms with Crippen molar-refractivity contribution in [1.82, 2.24) is 29.9 Å². The molecule has 9 heteroatoms. The van der Waals surface area contributed by atoms with E-state index in [1.165, 1.54) is 0 Å². The van der Waals surface area contributed by atoms with Crippen molar-refractivity contribution in [3.8, 4) is 5.75 Å². The van der Waals surface area contributed by atoms with E-state index in [0.29, 0.717) is 36.7 Å². The highest BCUT2D eigenvalue weighted by atomic mass is 16.5. The van der Waals surface area contributed by atoms with Crippen LogP contribution in [0.2, 0.25) is 0 Å². The number of carbonyl (C=O) groups is 1. The van der Waals surface area contributed by atoms with Gasteiger partial charge in [-0.25, -0.2) is 9.67 Å². The van der Waals surface area contributed by atoms with E-state index in [9.17, 15) is 9.59 Å². The van der Waals surface area contributed by atoms with E-state index in [4.69, 9.17) is 9.72 Å². The van der Waals surface area contributed by atoms with Gasteiger partial charge in [-0.15, -0.1) is 5.10 Å². The Morgan fingerprint density at radius 2 is 1.94 bits per heavy atom. The molecule has 9 nitrogen and oxygen atoms in total. The van der Waals surface area contributed by atoms with Crippen LogP contribution in [-0.4, -0.2) is 56.0 Å².